The van der Waals surface area contributed by atoms with E-state index in [4.69, 9.17) is 4.74 Å². The van der Waals surface area contributed by atoms with Gasteiger partial charge in [0, 0.05) is 51.7 Å². The number of aryl methyl sites for hydroxylation is 1. The molecule has 0 unspecified atom stereocenters. The van der Waals surface area contributed by atoms with Crippen molar-refractivity contribution < 1.29 is 22.7 Å². The Bertz CT molecular complexity index is 961. The number of nitrogens with zero attached hydrogens (tertiary/aromatic N) is 2. The molecule has 1 amide bonds. The van der Waals surface area contributed by atoms with E-state index in [1.165, 1.54) is 23.3 Å². The summed E-state index contributed by atoms with van der Waals surface area (Å²) >= 11 is 0. The summed E-state index contributed by atoms with van der Waals surface area (Å²) in [5.74, 6) is 0.344. The number of hydrogen-bond donors (Lipinski definition) is 0. The maximum atomic E-state index is 13.2. The van der Waals surface area contributed by atoms with Gasteiger partial charge < -0.3 is 9.64 Å². The standard InChI is InChI=1S/C27H35F3N2O2/c1-19(2)26(33)32(12-13-34-4)17-22-16-31(18-25(22)24-11-6-5-8-20(24)3)15-21-9-7-10-23(14-21)27(28,29)30/h5-11,14,19,22,25H,12-13,15-18H2,1-4H3/t22-,25+/m0/s1. The molecule has 4 nitrogen and oxygen atoms in total. The number of methoxy groups -OCH3 is 1. The quantitative estimate of drug-likeness (QED) is 0.489. The average Bonchev–Trinajstić information content (AvgIpc) is 3.17. The highest BCUT2D eigenvalue weighted by Crippen LogP contribution is 2.36. The van der Waals surface area contributed by atoms with Gasteiger partial charge in [0.05, 0.1) is 12.2 Å². The van der Waals surface area contributed by atoms with Crippen LogP contribution in [0.5, 0.6) is 0 Å². The summed E-state index contributed by atoms with van der Waals surface area (Å²) in [5, 5.41) is 0. The number of likely N-dealkylation sites (tertiary alicyclic amines) is 1. The van der Waals surface area contributed by atoms with Crippen LogP contribution in [0.2, 0.25) is 0 Å². The van der Waals surface area contributed by atoms with Crippen LogP contribution in [0.25, 0.3) is 0 Å². The normalized spacial score (nSPS) is 19.1. The van der Waals surface area contributed by atoms with Crippen molar-refractivity contribution in [3.05, 3.63) is 70.8 Å². The van der Waals surface area contributed by atoms with Crippen molar-refractivity contribution in [1.29, 1.82) is 0 Å². The Hall–Kier alpha value is -2.38. The first-order valence-electron chi connectivity index (χ1n) is 11.8. The lowest BCUT2D eigenvalue weighted by Gasteiger charge is -2.30. The number of carbonyl (C=O) groups excluding carboxylic acids is 1. The highest BCUT2D eigenvalue weighted by atomic mass is 19.4. The Morgan fingerprint density at radius 3 is 2.53 bits per heavy atom. The van der Waals surface area contributed by atoms with Crippen LogP contribution in [0.15, 0.2) is 48.5 Å². The van der Waals surface area contributed by atoms with Gasteiger partial charge in [-0.3, -0.25) is 9.69 Å². The minimum Gasteiger partial charge on any atom is -0.383 e. The molecular weight excluding hydrogens is 441 g/mol. The first-order chi connectivity index (χ1) is 16.1. The summed E-state index contributed by atoms with van der Waals surface area (Å²) in [7, 11) is 1.63. The Morgan fingerprint density at radius 1 is 1.15 bits per heavy atom. The van der Waals surface area contributed by atoms with Crippen molar-refractivity contribution in [3.8, 4) is 0 Å². The molecule has 0 spiro atoms. The summed E-state index contributed by atoms with van der Waals surface area (Å²) in [5.41, 5.74) is 2.46. The first-order valence-corrected chi connectivity index (χ1v) is 11.8. The minimum absolute atomic E-state index is 0.0944. The van der Waals surface area contributed by atoms with Crippen molar-refractivity contribution in [1.82, 2.24) is 9.80 Å². The van der Waals surface area contributed by atoms with Gasteiger partial charge in [-0.15, -0.1) is 0 Å². The zero-order chi connectivity index (χ0) is 24.9. The van der Waals surface area contributed by atoms with Crippen molar-refractivity contribution in [3.63, 3.8) is 0 Å². The Kier molecular flexibility index (Phi) is 8.77. The zero-order valence-corrected chi connectivity index (χ0v) is 20.4. The summed E-state index contributed by atoms with van der Waals surface area (Å²) in [6.07, 6.45) is -4.35. The molecule has 1 saturated heterocycles. The fourth-order valence-corrected chi connectivity index (χ4v) is 4.88. The molecule has 0 bridgehead atoms. The Balaban J connectivity index is 1.84. The molecule has 0 saturated carbocycles. The van der Waals surface area contributed by atoms with Gasteiger partial charge in [0.25, 0.3) is 0 Å². The van der Waals surface area contributed by atoms with E-state index < -0.39 is 11.7 Å². The van der Waals surface area contributed by atoms with Crippen LogP contribution in [0.4, 0.5) is 13.2 Å². The molecule has 2 atom stereocenters. The Labute approximate surface area is 200 Å². The van der Waals surface area contributed by atoms with Crippen molar-refractivity contribution in [2.45, 2.75) is 39.4 Å². The highest BCUT2D eigenvalue weighted by molar-refractivity contribution is 5.78. The lowest BCUT2D eigenvalue weighted by atomic mass is 9.86. The summed E-state index contributed by atoms with van der Waals surface area (Å²) in [6.45, 7) is 9.36. The van der Waals surface area contributed by atoms with Gasteiger partial charge in [-0.25, -0.2) is 0 Å². The summed E-state index contributed by atoms with van der Waals surface area (Å²) in [4.78, 5) is 17.0. The van der Waals surface area contributed by atoms with Crippen LogP contribution in [0, 0.1) is 18.8 Å². The first kappa shape index (κ1) is 26.2. The molecule has 0 radical (unpaired) electrons. The van der Waals surface area contributed by atoms with Gasteiger partial charge in [-0.05, 0) is 35.6 Å². The zero-order valence-electron chi connectivity index (χ0n) is 20.4. The van der Waals surface area contributed by atoms with Crippen LogP contribution in [0.3, 0.4) is 0 Å². The van der Waals surface area contributed by atoms with Crippen molar-refractivity contribution in [2.24, 2.45) is 11.8 Å². The van der Waals surface area contributed by atoms with E-state index in [2.05, 4.69) is 24.0 Å². The second-order valence-electron chi connectivity index (χ2n) is 9.55. The van der Waals surface area contributed by atoms with E-state index in [0.717, 1.165) is 12.6 Å². The van der Waals surface area contributed by atoms with E-state index in [9.17, 15) is 18.0 Å². The van der Waals surface area contributed by atoms with Gasteiger partial charge >= 0.3 is 6.18 Å². The topological polar surface area (TPSA) is 32.8 Å². The fourth-order valence-electron chi connectivity index (χ4n) is 4.88. The minimum atomic E-state index is -4.35. The molecule has 7 heteroatoms. The highest BCUT2D eigenvalue weighted by Gasteiger charge is 2.37. The van der Waals surface area contributed by atoms with Crippen molar-refractivity contribution in [2.75, 3.05) is 39.9 Å². The van der Waals surface area contributed by atoms with E-state index >= 15 is 0 Å². The molecule has 0 aromatic heterocycles. The van der Waals surface area contributed by atoms with E-state index in [1.807, 2.05) is 30.9 Å². The average molecular weight is 477 g/mol. The van der Waals surface area contributed by atoms with Gasteiger partial charge in [0.15, 0.2) is 0 Å². The van der Waals surface area contributed by atoms with Crippen LogP contribution >= 0.6 is 0 Å². The second kappa shape index (κ2) is 11.4. The maximum Gasteiger partial charge on any atom is 0.416 e. The molecule has 34 heavy (non-hydrogen) atoms. The smallest absolute Gasteiger partial charge is 0.383 e. The fraction of sp³-hybridized carbons (Fsp3) is 0.519. The summed E-state index contributed by atoms with van der Waals surface area (Å²) < 4.78 is 44.8. The molecule has 1 aliphatic heterocycles. The number of benzene rings is 2. The van der Waals surface area contributed by atoms with Crippen LogP contribution in [-0.4, -0.2) is 55.6 Å². The van der Waals surface area contributed by atoms with Gasteiger partial charge in [0.1, 0.15) is 0 Å². The molecular formula is C27H35F3N2O2. The largest absolute Gasteiger partial charge is 0.416 e. The van der Waals surface area contributed by atoms with E-state index in [0.29, 0.717) is 38.3 Å². The molecule has 1 aliphatic rings. The van der Waals surface area contributed by atoms with Crippen LogP contribution in [-0.2, 0) is 22.3 Å². The number of carbonyl (C=O) groups is 1. The number of alkyl halides is 3. The number of rotatable bonds is 9. The van der Waals surface area contributed by atoms with Crippen LogP contribution in [0.1, 0.15) is 42.0 Å². The maximum absolute atomic E-state index is 13.2. The molecule has 0 N–H and O–H groups in total. The lowest BCUT2D eigenvalue weighted by molar-refractivity contribution is -0.137. The lowest BCUT2D eigenvalue weighted by Crippen LogP contribution is -2.41. The number of ether oxygens (including phenoxy) is 1. The van der Waals surface area contributed by atoms with E-state index in [1.54, 1.807) is 13.2 Å². The molecule has 186 valence electrons. The SMILES string of the molecule is COCCN(C[C@@H]1CN(Cc2cccc(C(F)(F)F)c2)C[C@H]1c1ccccc1C)C(=O)C(C)C. The molecule has 1 heterocycles. The number of amides is 1. The number of hydrogen-bond acceptors (Lipinski definition) is 3. The third-order valence-corrected chi connectivity index (χ3v) is 6.59. The third-order valence-electron chi connectivity index (χ3n) is 6.59. The molecule has 2 aromatic rings. The molecule has 2 aromatic carbocycles. The van der Waals surface area contributed by atoms with Crippen molar-refractivity contribution >= 4 is 5.91 Å². The number of halogens is 3. The summed E-state index contributed by atoms with van der Waals surface area (Å²) in [6, 6.07) is 13.8. The predicted octanol–water partition coefficient (Wildman–Crippen LogP) is 5.36. The monoisotopic (exact) mass is 476 g/mol. The second-order valence-corrected chi connectivity index (χ2v) is 9.55. The van der Waals surface area contributed by atoms with Gasteiger partial charge in [-0.2, -0.15) is 13.2 Å². The van der Waals surface area contributed by atoms with Crippen LogP contribution < -0.4 is 0 Å². The van der Waals surface area contributed by atoms with Gasteiger partial charge in [-0.1, -0.05) is 56.3 Å². The van der Waals surface area contributed by atoms with E-state index in [-0.39, 0.29) is 23.7 Å². The molecule has 3 rings (SSSR count). The predicted molar refractivity (Wildman–Crippen MR) is 127 cm³/mol. The molecule has 0 aliphatic carbocycles. The Morgan fingerprint density at radius 2 is 1.88 bits per heavy atom. The third kappa shape index (κ3) is 6.60. The van der Waals surface area contributed by atoms with Gasteiger partial charge in [0.2, 0.25) is 5.91 Å². The molecule has 1 fully saturated rings.